The van der Waals surface area contributed by atoms with Crippen molar-refractivity contribution in [2.75, 3.05) is 19.0 Å². The maximum atomic E-state index is 12.4. The van der Waals surface area contributed by atoms with E-state index in [1.165, 1.54) is 0 Å². The first-order valence-corrected chi connectivity index (χ1v) is 7.36. The van der Waals surface area contributed by atoms with E-state index in [1.54, 1.807) is 31.4 Å². The van der Waals surface area contributed by atoms with E-state index in [4.69, 9.17) is 4.74 Å². The third-order valence-electron chi connectivity index (χ3n) is 3.76. The lowest BCUT2D eigenvalue weighted by atomic mass is 10.0. The van der Waals surface area contributed by atoms with E-state index in [2.05, 4.69) is 17.6 Å². The van der Waals surface area contributed by atoms with Crippen LogP contribution in [0.1, 0.15) is 32.6 Å². The second-order valence-corrected chi connectivity index (χ2v) is 5.38. The summed E-state index contributed by atoms with van der Waals surface area (Å²) in [6.45, 7) is 2.69. The minimum Gasteiger partial charge on any atom is -0.497 e. The largest absolute Gasteiger partial charge is 0.497 e. The summed E-state index contributed by atoms with van der Waals surface area (Å²) in [5, 5.41) is 5.66. The van der Waals surface area contributed by atoms with Gasteiger partial charge in [0.25, 0.3) is 0 Å². The Morgan fingerprint density at radius 1 is 1.29 bits per heavy atom. The molecule has 1 aromatic rings. The Morgan fingerprint density at radius 3 is 2.67 bits per heavy atom. The van der Waals surface area contributed by atoms with Gasteiger partial charge in [-0.05, 0) is 31.4 Å². The number of nitrogens with one attached hydrogen (secondary N) is 2. The molecule has 2 N–H and O–H groups in total. The molecule has 114 valence electrons. The van der Waals surface area contributed by atoms with E-state index >= 15 is 0 Å². The molecule has 0 spiro atoms. The monoisotopic (exact) mass is 290 g/mol. The fourth-order valence-corrected chi connectivity index (χ4v) is 2.18. The Bertz CT molecular complexity index is 524. The van der Waals surface area contributed by atoms with Gasteiger partial charge in [-0.1, -0.05) is 19.4 Å². The number of amides is 2. The Balaban J connectivity index is 1.97. The summed E-state index contributed by atoms with van der Waals surface area (Å²) < 4.78 is 5.12. The molecule has 0 radical (unpaired) electrons. The Hall–Kier alpha value is -2.04. The molecule has 1 aliphatic carbocycles. The van der Waals surface area contributed by atoms with Crippen molar-refractivity contribution in [1.82, 2.24) is 5.32 Å². The van der Waals surface area contributed by atoms with Gasteiger partial charge in [0.2, 0.25) is 11.8 Å². The molecule has 1 fully saturated rings. The highest BCUT2D eigenvalue weighted by Crippen LogP contribution is 2.46. The zero-order chi connectivity index (χ0) is 15.3. The number of hydrogen-bond donors (Lipinski definition) is 2. The van der Waals surface area contributed by atoms with Gasteiger partial charge in [-0.15, -0.1) is 0 Å². The van der Waals surface area contributed by atoms with Crippen molar-refractivity contribution >= 4 is 17.5 Å². The van der Waals surface area contributed by atoms with E-state index in [0.717, 1.165) is 12.8 Å². The van der Waals surface area contributed by atoms with E-state index in [1.807, 2.05) is 0 Å². The SMILES string of the molecule is CCCCNC(=O)C1(C(=O)Nc2cccc(OC)c2)CC1. The molecule has 2 amide bonds. The van der Waals surface area contributed by atoms with Crippen LogP contribution in [0, 0.1) is 5.41 Å². The highest BCUT2D eigenvalue weighted by atomic mass is 16.5. The topological polar surface area (TPSA) is 67.4 Å². The molecule has 0 atom stereocenters. The Labute approximate surface area is 125 Å². The molecule has 0 aliphatic heterocycles. The van der Waals surface area contributed by atoms with Crippen molar-refractivity contribution in [2.24, 2.45) is 5.41 Å². The summed E-state index contributed by atoms with van der Waals surface area (Å²) in [4.78, 5) is 24.5. The summed E-state index contributed by atoms with van der Waals surface area (Å²) in [5.41, 5.74) is -0.233. The second-order valence-electron chi connectivity index (χ2n) is 5.38. The van der Waals surface area contributed by atoms with Crippen LogP contribution in [0.15, 0.2) is 24.3 Å². The van der Waals surface area contributed by atoms with Gasteiger partial charge in [-0.25, -0.2) is 0 Å². The fourth-order valence-electron chi connectivity index (χ4n) is 2.18. The Morgan fingerprint density at radius 2 is 2.05 bits per heavy atom. The van der Waals surface area contributed by atoms with Crippen molar-refractivity contribution in [3.05, 3.63) is 24.3 Å². The summed E-state index contributed by atoms with van der Waals surface area (Å²) in [6.07, 6.45) is 3.17. The molecule has 1 aliphatic rings. The quantitative estimate of drug-likeness (QED) is 0.598. The van der Waals surface area contributed by atoms with Gasteiger partial charge < -0.3 is 15.4 Å². The molecule has 0 unspecified atom stereocenters. The van der Waals surface area contributed by atoms with Crippen LogP contribution in [-0.2, 0) is 9.59 Å². The number of rotatable bonds is 7. The number of unbranched alkanes of at least 4 members (excludes halogenated alkanes) is 1. The van der Waals surface area contributed by atoms with Crippen molar-refractivity contribution in [2.45, 2.75) is 32.6 Å². The van der Waals surface area contributed by atoms with Crippen LogP contribution in [0.5, 0.6) is 5.75 Å². The molecule has 0 bridgehead atoms. The summed E-state index contributed by atoms with van der Waals surface area (Å²) in [7, 11) is 1.57. The van der Waals surface area contributed by atoms with Gasteiger partial charge in [0, 0.05) is 18.3 Å². The number of ether oxygens (including phenoxy) is 1. The van der Waals surface area contributed by atoms with Crippen LogP contribution in [-0.4, -0.2) is 25.5 Å². The smallest absolute Gasteiger partial charge is 0.240 e. The predicted octanol–water partition coefficient (Wildman–Crippen LogP) is 2.33. The van der Waals surface area contributed by atoms with Crippen molar-refractivity contribution < 1.29 is 14.3 Å². The molecule has 2 rings (SSSR count). The average molecular weight is 290 g/mol. The molecule has 5 heteroatoms. The Kier molecular flexibility index (Phi) is 4.83. The zero-order valence-corrected chi connectivity index (χ0v) is 12.6. The molecule has 0 heterocycles. The highest BCUT2D eigenvalue weighted by Gasteiger charge is 2.56. The molecule has 5 nitrogen and oxygen atoms in total. The van der Waals surface area contributed by atoms with E-state index < -0.39 is 5.41 Å². The van der Waals surface area contributed by atoms with Gasteiger partial charge in [0.05, 0.1) is 7.11 Å². The maximum absolute atomic E-state index is 12.4. The number of benzene rings is 1. The molecular weight excluding hydrogens is 268 g/mol. The predicted molar refractivity (Wildman–Crippen MR) is 81.2 cm³/mol. The van der Waals surface area contributed by atoms with E-state index in [0.29, 0.717) is 30.8 Å². The van der Waals surface area contributed by atoms with Gasteiger partial charge in [0.1, 0.15) is 11.2 Å². The first-order valence-electron chi connectivity index (χ1n) is 7.36. The van der Waals surface area contributed by atoms with Gasteiger partial charge in [-0.3, -0.25) is 9.59 Å². The van der Waals surface area contributed by atoms with Crippen LogP contribution in [0.3, 0.4) is 0 Å². The summed E-state index contributed by atoms with van der Waals surface area (Å²) in [5.74, 6) is 0.283. The highest BCUT2D eigenvalue weighted by molar-refractivity contribution is 6.13. The molecule has 1 aromatic carbocycles. The van der Waals surface area contributed by atoms with Crippen LogP contribution >= 0.6 is 0 Å². The molecule has 0 aromatic heterocycles. The first kappa shape index (κ1) is 15.4. The van der Waals surface area contributed by atoms with Crippen molar-refractivity contribution in [3.63, 3.8) is 0 Å². The molecule has 21 heavy (non-hydrogen) atoms. The molecule has 0 saturated heterocycles. The maximum Gasteiger partial charge on any atom is 0.240 e. The second kappa shape index (κ2) is 6.61. The average Bonchev–Trinajstić information content (AvgIpc) is 3.29. The summed E-state index contributed by atoms with van der Waals surface area (Å²) >= 11 is 0. The number of hydrogen-bond acceptors (Lipinski definition) is 3. The van der Waals surface area contributed by atoms with Crippen LogP contribution < -0.4 is 15.4 Å². The number of carbonyl (C=O) groups excluding carboxylic acids is 2. The van der Waals surface area contributed by atoms with E-state index in [-0.39, 0.29) is 11.8 Å². The third-order valence-corrected chi connectivity index (χ3v) is 3.76. The standard InChI is InChI=1S/C16H22N2O3/c1-3-4-10-17-14(19)16(8-9-16)15(20)18-12-6-5-7-13(11-12)21-2/h5-7,11H,3-4,8-10H2,1-2H3,(H,17,19)(H,18,20). The van der Waals surface area contributed by atoms with Crippen LogP contribution in [0.25, 0.3) is 0 Å². The molecular formula is C16H22N2O3. The van der Waals surface area contributed by atoms with E-state index in [9.17, 15) is 9.59 Å². The van der Waals surface area contributed by atoms with Crippen LogP contribution in [0.4, 0.5) is 5.69 Å². The normalized spacial score (nSPS) is 15.1. The van der Waals surface area contributed by atoms with Crippen LogP contribution in [0.2, 0.25) is 0 Å². The lowest BCUT2D eigenvalue weighted by Crippen LogP contribution is -2.40. The number of carbonyl (C=O) groups is 2. The number of anilines is 1. The number of methoxy groups -OCH3 is 1. The van der Waals surface area contributed by atoms with Gasteiger partial charge >= 0.3 is 0 Å². The van der Waals surface area contributed by atoms with Gasteiger partial charge in [-0.2, -0.15) is 0 Å². The minimum absolute atomic E-state index is 0.156. The fraction of sp³-hybridized carbons (Fsp3) is 0.500. The zero-order valence-electron chi connectivity index (χ0n) is 12.6. The van der Waals surface area contributed by atoms with Gasteiger partial charge in [0.15, 0.2) is 0 Å². The first-order chi connectivity index (χ1) is 10.1. The summed E-state index contributed by atoms with van der Waals surface area (Å²) in [6, 6.07) is 7.13. The van der Waals surface area contributed by atoms with Crippen molar-refractivity contribution in [1.29, 1.82) is 0 Å². The minimum atomic E-state index is -0.878. The van der Waals surface area contributed by atoms with Crippen molar-refractivity contribution in [3.8, 4) is 5.75 Å². The lowest BCUT2D eigenvalue weighted by molar-refractivity contribution is -0.134. The third kappa shape index (κ3) is 3.54. The lowest BCUT2D eigenvalue weighted by Gasteiger charge is -2.15. The molecule has 1 saturated carbocycles.